The van der Waals surface area contributed by atoms with Crippen molar-refractivity contribution in [1.82, 2.24) is 14.6 Å². The summed E-state index contributed by atoms with van der Waals surface area (Å²) in [7, 11) is -10.6. The third-order valence-corrected chi connectivity index (χ3v) is 6.25. The van der Waals surface area contributed by atoms with Gasteiger partial charge in [-0.1, -0.05) is 0 Å². The van der Waals surface area contributed by atoms with Crippen molar-refractivity contribution in [3.63, 3.8) is 0 Å². The van der Waals surface area contributed by atoms with Gasteiger partial charge in [0.15, 0.2) is 5.82 Å². The average molecular weight is 451 g/mol. The van der Waals surface area contributed by atoms with Crippen molar-refractivity contribution >= 4 is 27.0 Å². The number of nitrogen functional groups attached to an aromatic ring is 1. The van der Waals surface area contributed by atoms with Crippen LogP contribution in [0.15, 0.2) is 18.5 Å². The molecule has 0 aromatic carbocycles. The van der Waals surface area contributed by atoms with E-state index in [9.17, 15) is 29.5 Å². The summed E-state index contributed by atoms with van der Waals surface area (Å²) in [5, 5.41) is 34.3. The number of aromatic nitrogens is 3. The molecular weight excluding hydrogens is 436 g/mol. The Hall–Kier alpha value is -1.95. The number of aliphatic hydroxyl groups excluding tert-OH is 2. The van der Waals surface area contributed by atoms with Gasteiger partial charge < -0.3 is 35.4 Å². The maximum atomic E-state index is 11.6. The lowest BCUT2D eigenvalue weighted by atomic mass is 9.92. The SMILES string of the molecule is N#C[C@@]1(c2ccc3c(N)ncnn23)O[C@H](COP(=O)(O)OP(=O)(O)O)[C@@H](O)[C@H]1O. The number of ether oxygens (including phenoxy) is 1. The summed E-state index contributed by atoms with van der Waals surface area (Å²) in [6.45, 7) is -0.949. The Morgan fingerprint density at radius 3 is 2.66 bits per heavy atom. The molecule has 0 saturated carbocycles. The third-order valence-electron chi connectivity index (χ3n) is 4.10. The minimum Gasteiger partial charge on any atom is -0.387 e. The fraction of sp³-hybridized carbons (Fsp3) is 0.417. The molecular formula is C12H15N5O10P2. The number of aliphatic hydroxyl groups is 2. The van der Waals surface area contributed by atoms with Crippen LogP contribution in [-0.4, -0.2) is 64.4 Å². The predicted octanol–water partition coefficient (Wildman–Crippen LogP) is -1.62. The van der Waals surface area contributed by atoms with Crippen LogP contribution in [0.5, 0.6) is 0 Å². The molecule has 0 amide bonds. The van der Waals surface area contributed by atoms with Crippen LogP contribution in [0.25, 0.3) is 5.52 Å². The van der Waals surface area contributed by atoms with Crippen LogP contribution in [0.2, 0.25) is 0 Å². The Morgan fingerprint density at radius 2 is 2.03 bits per heavy atom. The van der Waals surface area contributed by atoms with Gasteiger partial charge in [-0.3, -0.25) is 4.52 Å². The Labute approximate surface area is 161 Å². The van der Waals surface area contributed by atoms with E-state index in [0.29, 0.717) is 0 Å². The minimum absolute atomic E-state index is 0.0169. The first kappa shape index (κ1) is 21.8. The van der Waals surface area contributed by atoms with Gasteiger partial charge >= 0.3 is 15.6 Å². The molecule has 1 aliphatic heterocycles. The van der Waals surface area contributed by atoms with E-state index >= 15 is 0 Å². The van der Waals surface area contributed by atoms with Crippen LogP contribution in [0.1, 0.15) is 5.69 Å². The van der Waals surface area contributed by atoms with Gasteiger partial charge in [-0.15, -0.1) is 0 Å². The smallest absolute Gasteiger partial charge is 0.387 e. The van der Waals surface area contributed by atoms with Crippen molar-refractivity contribution in [1.29, 1.82) is 5.26 Å². The van der Waals surface area contributed by atoms with E-state index in [1.54, 1.807) is 6.07 Å². The number of phosphoric ester groups is 1. The van der Waals surface area contributed by atoms with E-state index < -0.39 is 46.2 Å². The first-order valence-corrected chi connectivity index (χ1v) is 10.7. The lowest BCUT2D eigenvalue weighted by molar-refractivity contribution is -0.0634. The number of nitrogens with zero attached hydrogens (tertiary/aromatic N) is 4. The second-order valence-electron chi connectivity index (χ2n) is 5.94. The van der Waals surface area contributed by atoms with Crippen molar-refractivity contribution in [2.45, 2.75) is 23.9 Å². The van der Waals surface area contributed by atoms with E-state index in [1.165, 1.54) is 16.6 Å². The van der Waals surface area contributed by atoms with Crippen molar-refractivity contribution in [3.8, 4) is 6.07 Å². The maximum absolute atomic E-state index is 11.6. The Bertz CT molecular complexity index is 1070. The zero-order valence-electron chi connectivity index (χ0n) is 14.2. The molecule has 2 aromatic rings. The molecule has 7 N–H and O–H groups in total. The quantitative estimate of drug-likeness (QED) is 0.270. The standard InChI is InChI=1S/C12H15N5O10P2/c13-4-12(8-2-1-6-11(14)15-5-16-17(6)8)10(19)9(18)7(26-12)3-25-29(23,24)27-28(20,21)22/h1-2,5,7,9-10,18-19H,3H2,(H,23,24)(H2,14,15,16)(H2,20,21,22)/t7-,9-,10-,12+/m1/s1. The van der Waals surface area contributed by atoms with Crippen LogP contribution in [-0.2, 0) is 28.3 Å². The molecule has 2 aromatic heterocycles. The van der Waals surface area contributed by atoms with E-state index in [4.69, 9.17) is 20.3 Å². The van der Waals surface area contributed by atoms with Crippen LogP contribution in [0.4, 0.5) is 5.82 Å². The van der Waals surface area contributed by atoms with E-state index in [-0.39, 0.29) is 17.0 Å². The highest BCUT2D eigenvalue weighted by molar-refractivity contribution is 7.60. The molecule has 1 aliphatic rings. The third kappa shape index (κ3) is 4.04. The second kappa shape index (κ2) is 7.38. The summed E-state index contributed by atoms with van der Waals surface area (Å²) in [5.41, 5.74) is 3.82. The Kier molecular flexibility index (Phi) is 5.54. The molecule has 0 aliphatic carbocycles. The monoisotopic (exact) mass is 451 g/mol. The van der Waals surface area contributed by atoms with Crippen molar-refractivity contribution in [3.05, 3.63) is 24.2 Å². The molecule has 5 atom stereocenters. The zero-order valence-corrected chi connectivity index (χ0v) is 16.0. The molecule has 15 nitrogen and oxygen atoms in total. The van der Waals surface area contributed by atoms with Gasteiger partial charge in [0.25, 0.3) is 0 Å². The molecule has 1 fully saturated rings. The fourth-order valence-electron chi connectivity index (χ4n) is 2.88. The molecule has 1 unspecified atom stereocenters. The van der Waals surface area contributed by atoms with Gasteiger partial charge in [-0.05, 0) is 12.1 Å². The summed E-state index contributed by atoms with van der Waals surface area (Å²) >= 11 is 0. The lowest BCUT2D eigenvalue weighted by Gasteiger charge is -2.24. The highest BCUT2D eigenvalue weighted by Crippen LogP contribution is 2.57. The highest BCUT2D eigenvalue weighted by atomic mass is 31.3. The van der Waals surface area contributed by atoms with Gasteiger partial charge in [0.2, 0.25) is 5.60 Å². The number of hydrogen-bond acceptors (Lipinski definition) is 11. The van der Waals surface area contributed by atoms with Crippen LogP contribution in [0.3, 0.4) is 0 Å². The van der Waals surface area contributed by atoms with Gasteiger partial charge in [-0.25, -0.2) is 18.6 Å². The van der Waals surface area contributed by atoms with E-state index in [0.717, 1.165) is 6.33 Å². The largest absolute Gasteiger partial charge is 0.481 e. The second-order valence-corrected chi connectivity index (χ2v) is 8.77. The summed E-state index contributed by atoms with van der Waals surface area (Å²) in [6, 6.07) is 4.55. The number of anilines is 1. The summed E-state index contributed by atoms with van der Waals surface area (Å²) in [6.07, 6.45) is -4.09. The van der Waals surface area contributed by atoms with Crippen molar-refractivity contribution in [2.75, 3.05) is 12.3 Å². The Balaban J connectivity index is 1.89. The molecule has 17 heteroatoms. The molecule has 0 bridgehead atoms. The summed E-state index contributed by atoms with van der Waals surface area (Å²) in [5.74, 6) is 0.0723. The van der Waals surface area contributed by atoms with Gasteiger partial charge in [0.05, 0.1) is 12.3 Å². The zero-order chi connectivity index (χ0) is 21.6. The minimum atomic E-state index is -5.35. The molecule has 158 valence electrons. The number of nitriles is 1. The highest BCUT2D eigenvalue weighted by Gasteiger charge is 2.58. The van der Waals surface area contributed by atoms with Crippen LogP contribution in [0, 0.1) is 11.3 Å². The van der Waals surface area contributed by atoms with Crippen LogP contribution >= 0.6 is 15.6 Å². The number of fused-ring (bicyclic) bond motifs is 1. The fourth-order valence-corrected chi connectivity index (χ4v) is 4.48. The lowest BCUT2D eigenvalue weighted by Crippen LogP contribution is -2.41. The van der Waals surface area contributed by atoms with Gasteiger partial charge in [-0.2, -0.15) is 14.7 Å². The predicted molar refractivity (Wildman–Crippen MR) is 90.5 cm³/mol. The molecule has 3 rings (SSSR count). The van der Waals surface area contributed by atoms with Crippen molar-refractivity contribution in [2.24, 2.45) is 0 Å². The van der Waals surface area contributed by atoms with Gasteiger partial charge in [0, 0.05) is 0 Å². The number of rotatable bonds is 6. The number of phosphoric acid groups is 2. The van der Waals surface area contributed by atoms with Crippen LogP contribution < -0.4 is 5.73 Å². The summed E-state index contributed by atoms with van der Waals surface area (Å²) in [4.78, 5) is 30.3. The number of hydrogen-bond donors (Lipinski definition) is 6. The van der Waals surface area contributed by atoms with E-state index in [1.807, 2.05) is 0 Å². The van der Waals surface area contributed by atoms with Gasteiger partial charge in [0.1, 0.15) is 36.2 Å². The molecule has 0 spiro atoms. The average Bonchev–Trinajstić information content (AvgIpc) is 3.14. The molecule has 3 heterocycles. The first-order valence-electron chi connectivity index (χ1n) is 7.68. The molecule has 0 radical (unpaired) electrons. The summed E-state index contributed by atoms with van der Waals surface area (Å²) < 4.78 is 36.9. The number of nitrogens with two attached hydrogens (primary N) is 1. The molecule has 1 saturated heterocycles. The van der Waals surface area contributed by atoms with Crippen molar-refractivity contribution < 1.29 is 47.6 Å². The van der Waals surface area contributed by atoms with E-state index in [2.05, 4.69) is 18.9 Å². The topological polar surface area (TPSA) is 243 Å². The normalized spacial score (nSPS) is 29.6. The first-order chi connectivity index (χ1) is 13.4. The maximum Gasteiger partial charge on any atom is 0.481 e. The molecule has 29 heavy (non-hydrogen) atoms. The Morgan fingerprint density at radius 1 is 1.34 bits per heavy atom.